The zero-order valence-corrected chi connectivity index (χ0v) is 10.9. The van der Waals surface area contributed by atoms with Crippen LogP contribution in [0.25, 0.3) is 5.65 Å². The van der Waals surface area contributed by atoms with E-state index in [9.17, 15) is 0 Å². The Morgan fingerprint density at radius 3 is 3.00 bits per heavy atom. The van der Waals surface area contributed by atoms with Crippen molar-refractivity contribution in [3.8, 4) is 0 Å². The van der Waals surface area contributed by atoms with Crippen LogP contribution in [0.4, 0.5) is 5.95 Å². The lowest BCUT2D eigenvalue weighted by atomic mass is 10.3. The maximum atomic E-state index is 5.90. The summed E-state index contributed by atoms with van der Waals surface area (Å²) in [7, 11) is 0. The quantitative estimate of drug-likeness (QED) is 0.793. The highest BCUT2D eigenvalue weighted by molar-refractivity contribution is 6.30. The van der Waals surface area contributed by atoms with Crippen LogP contribution in [0.3, 0.4) is 0 Å². The molecular weight excluding hydrogens is 262 g/mol. The van der Waals surface area contributed by atoms with Crippen LogP contribution >= 0.6 is 11.6 Å². The Hall–Kier alpha value is -2.14. The molecule has 0 bridgehead atoms. The van der Waals surface area contributed by atoms with Gasteiger partial charge in [-0.1, -0.05) is 17.7 Å². The Labute approximate surface area is 115 Å². The van der Waals surface area contributed by atoms with Crippen molar-refractivity contribution in [1.82, 2.24) is 19.6 Å². The Morgan fingerprint density at radius 2 is 2.16 bits per heavy atom. The molecule has 0 fully saturated rings. The Bertz CT molecular complexity index is 680. The van der Waals surface area contributed by atoms with Gasteiger partial charge in [0.2, 0.25) is 5.95 Å². The molecule has 96 valence electrons. The number of anilines is 1. The standard InChI is InChI=1S/C13H12ClN5/c14-10-4-5-12-17-13(18-19(12)9-10)16-8-6-11-3-1-2-7-15-11/h1-5,7,9H,6,8H2,(H,16,18). The molecule has 0 amide bonds. The molecule has 19 heavy (non-hydrogen) atoms. The van der Waals surface area contributed by atoms with Crippen LogP contribution in [0.1, 0.15) is 5.69 Å². The second kappa shape index (κ2) is 5.24. The number of pyridine rings is 2. The molecule has 3 heterocycles. The van der Waals surface area contributed by atoms with E-state index in [0.717, 1.165) is 24.3 Å². The summed E-state index contributed by atoms with van der Waals surface area (Å²) in [4.78, 5) is 8.61. The van der Waals surface area contributed by atoms with E-state index in [-0.39, 0.29) is 0 Å². The zero-order valence-electron chi connectivity index (χ0n) is 10.1. The van der Waals surface area contributed by atoms with Gasteiger partial charge in [0.25, 0.3) is 0 Å². The van der Waals surface area contributed by atoms with Crippen molar-refractivity contribution in [2.24, 2.45) is 0 Å². The minimum Gasteiger partial charge on any atom is -0.353 e. The van der Waals surface area contributed by atoms with Crippen molar-refractivity contribution in [1.29, 1.82) is 0 Å². The van der Waals surface area contributed by atoms with Crippen molar-refractivity contribution >= 4 is 23.2 Å². The first-order chi connectivity index (χ1) is 9.31. The zero-order chi connectivity index (χ0) is 13.1. The molecule has 3 aromatic heterocycles. The molecule has 0 aliphatic carbocycles. The molecule has 0 unspecified atom stereocenters. The van der Waals surface area contributed by atoms with Gasteiger partial charge >= 0.3 is 0 Å². The first-order valence-corrected chi connectivity index (χ1v) is 6.35. The summed E-state index contributed by atoms with van der Waals surface area (Å²) in [5.74, 6) is 0.596. The average Bonchev–Trinajstić information content (AvgIpc) is 2.82. The number of nitrogens with one attached hydrogen (secondary N) is 1. The summed E-state index contributed by atoms with van der Waals surface area (Å²) in [5.41, 5.74) is 1.81. The molecule has 0 atom stereocenters. The van der Waals surface area contributed by atoms with Crippen molar-refractivity contribution < 1.29 is 0 Å². The summed E-state index contributed by atoms with van der Waals surface area (Å²) in [6.07, 6.45) is 4.35. The molecule has 3 aromatic rings. The highest BCUT2D eigenvalue weighted by Gasteiger charge is 2.03. The van der Waals surface area contributed by atoms with Crippen LogP contribution in [-0.2, 0) is 6.42 Å². The molecule has 0 saturated carbocycles. The van der Waals surface area contributed by atoms with E-state index in [1.165, 1.54) is 0 Å². The van der Waals surface area contributed by atoms with Crippen molar-refractivity contribution in [3.05, 3.63) is 53.4 Å². The Balaban J connectivity index is 1.65. The molecule has 6 heteroatoms. The smallest absolute Gasteiger partial charge is 0.243 e. The minimum absolute atomic E-state index is 0.596. The summed E-state index contributed by atoms with van der Waals surface area (Å²) < 4.78 is 1.66. The number of fused-ring (bicyclic) bond motifs is 1. The fourth-order valence-electron chi connectivity index (χ4n) is 1.78. The molecule has 5 nitrogen and oxygen atoms in total. The van der Waals surface area contributed by atoms with Crippen molar-refractivity contribution in [3.63, 3.8) is 0 Å². The van der Waals surface area contributed by atoms with Gasteiger partial charge in [-0.15, -0.1) is 5.10 Å². The monoisotopic (exact) mass is 273 g/mol. The summed E-state index contributed by atoms with van der Waals surface area (Å²) in [6.45, 7) is 0.738. The highest BCUT2D eigenvalue weighted by atomic mass is 35.5. The van der Waals surface area contributed by atoms with Gasteiger partial charge in [0.15, 0.2) is 5.65 Å². The van der Waals surface area contributed by atoms with E-state index in [0.29, 0.717) is 11.0 Å². The third-order valence-electron chi connectivity index (χ3n) is 2.69. The second-order valence-electron chi connectivity index (χ2n) is 4.08. The normalized spacial score (nSPS) is 10.8. The molecule has 1 N–H and O–H groups in total. The van der Waals surface area contributed by atoms with E-state index in [4.69, 9.17) is 11.6 Å². The molecule has 0 aliphatic rings. The number of hydrogen-bond donors (Lipinski definition) is 1. The van der Waals surface area contributed by atoms with E-state index in [2.05, 4.69) is 20.4 Å². The van der Waals surface area contributed by atoms with Gasteiger partial charge < -0.3 is 5.32 Å². The van der Waals surface area contributed by atoms with Crippen molar-refractivity contribution in [2.45, 2.75) is 6.42 Å². The first kappa shape index (κ1) is 11.9. The maximum Gasteiger partial charge on any atom is 0.243 e. The number of rotatable bonds is 4. The first-order valence-electron chi connectivity index (χ1n) is 5.97. The van der Waals surface area contributed by atoms with Crippen LogP contribution in [-0.4, -0.2) is 26.1 Å². The Kier molecular flexibility index (Phi) is 3.29. The molecule has 3 rings (SSSR count). The lowest BCUT2D eigenvalue weighted by Gasteiger charge is -2.00. The van der Waals surface area contributed by atoms with E-state index in [1.807, 2.05) is 24.3 Å². The molecule has 0 aromatic carbocycles. The number of nitrogens with zero attached hydrogens (tertiary/aromatic N) is 4. The van der Waals surface area contributed by atoms with Gasteiger partial charge in [0.05, 0.1) is 5.02 Å². The lowest BCUT2D eigenvalue weighted by Crippen LogP contribution is -2.07. The molecule has 0 saturated heterocycles. The summed E-state index contributed by atoms with van der Waals surface area (Å²) >= 11 is 5.90. The summed E-state index contributed by atoms with van der Waals surface area (Å²) in [5, 5.41) is 8.11. The second-order valence-corrected chi connectivity index (χ2v) is 4.52. The molecular formula is C13H12ClN5. The van der Waals surface area contributed by atoms with E-state index >= 15 is 0 Å². The number of hydrogen-bond acceptors (Lipinski definition) is 4. The van der Waals surface area contributed by atoms with Gasteiger partial charge in [-0.05, 0) is 24.3 Å². The van der Waals surface area contributed by atoms with Gasteiger partial charge in [0, 0.05) is 31.1 Å². The van der Waals surface area contributed by atoms with Gasteiger partial charge in [-0.2, -0.15) is 4.98 Å². The topological polar surface area (TPSA) is 55.1 Å². The largest absolute Gasteiger partial charge is 0.353 e. The van der Waals surface area contributed by atoms with Crippen LogP contribution in [0, 0.1) is 0 Å². The van der Waals surface area contributed by atoms with Crippen molar-refractivity contribution in [2.75, 3.05) is 11.9 Å². The minimum atomic E-state index is 0.596. The number of halogens is 1. The fraction of sp³-hybridized carbons (Fsp3) is 0.154. The SMILES string of the molecule is Clc1ccc2nc(NCCc3ccccn3)nn2c1. The third kappa shape index (κ3) is 2.82. The molecule has 0 aliphatic heterocycles. The van der Waals surface area contributed by atoms with Gasteiger partial charge in [-0.3, -0.25) is 4.98 Å². The molecule has 0 spiro atoms. The highest BCUT2D eigenvalue weighted by Crippen LogP contribution is 2.11. The lowest BCUT2D eigenvalue weighted by molar-refractivity contribution is 0.920. The van der Waals surface area contributed by atoms with E-state index < -0.39 is 0 Å². The average molecular weight is 274 g/mol. The predicted molar refractivity (Wildman–Crippen MR) is 74.4 cm³/mol. The van der Waals surface area contributed by atoms with Crippen LogP contribution in [0.5, 0.6) is 0 Å². The third-order valence-corrected chi connectivity index (χ3v) is 2.91. The van der Waals surface area contributed by atoms with Gasteiger partial charge in [-0.25, -0.2) is 4.52 Å². The van der Waals surface area contributed by atoms with Crippen LogP contribution in [0.15, 0.2) is 42.7 Å². The van der Waals surface area contributed by atoms with Crippen LogP contribution < -0.4 is 5.32 Å². The number of aromatic nitrogens is 4. The summed E-state index contributed by atoms with van der Waals surface area (Å²) in [6, 6.07) is 9.51. The fourth-order valence-corrected chi connectivity index (χ4v) is 1.94. The van der Waals surface area contributed by atoms with Crippen LogP contribution in [0.2, 0.25) is 5.02 Å². The maximum absolute atomic E-state index is 5.90. The molecule has 0 radical (unpaired) electrons. The Morgan fingerprint density at radius 1 is 1.21 bits per heavy atom. The van der Waals surface area contributed by atoms with Gasteiger partial charge in [0.1, 0.15) is 0 Å². The predicted octanol–water partition coefficient (Wildman–Crippen LogP) is 2.43. The van der Waals surface area contributed by atoms with E-state index in [1.54, 1.807) is 23.0 Å².